The molecule has 1 aromatic heterocycles. The number of rotatable bonds is 4. The molecular weight excluding hydrogens is 371 g/mol. The number of aromatic nitrogens is 1. The lowest BCUT2D eigenvalue weighted by Gasteiger charge is -2.36. The molecule has 0 unspecified atom stereocenters. The third kappa shape index (κ3) is 3.94. The number of para-hydroxylation sites is 1. The molecule has 0 radical (unpaired) electrons. The zero-order valence-corrected chi connectivity index (χ0v) is 16.3. The van der Waals surface area contributed by atoms with Crippen molar-refractivity contribution >= 4 is 28.4 Å². The maximum Gasteiger partial charge on any atom is 0.256 e. The van der Waals surface area contributed by atoms with Crippen molar-refractivity contribution in [2.24, 2.45) is 0 Å². The van der Waals surface area contributed by atoms with Crippen LogP contribution in [0.4, 0.5) is 10.1 Å². The average molecular weight is 394 g/mol. The number of piperazine rings is 1. The van der Waals surface area contributed by atoms with Gasteiger partial charge in [0.25, 0.3) is 5.91 Å². The monoisotopic (exact) mass is 394 g/mol. The molecule has 0 spiro atoms. The van der Waals surface area contributed by atoms with Crippen LogP contribution in [0.25, 0.3) is 10.9 Å². The van der Waals surface area contributed by atoms with E-state index in [1.54, 1.807) is 30.3 Å². The van der Waals surface area contributed by atoms with Gasteiger partial charge in [-0.05, 0) is 30.3 Å². The number of amides is 2. The summed E-state index contributed by atoms with van der Waals surface area (Å²) in [6.07, 6.45) is 1.69. The summed E-state index contributed by atoms with van der Waals surface area (Å²) in [6.45, 7) is 2.54. The highest BCUT2D eigenvalue weighted by molar-refractivity contribution is 6.07. The van der Waals surface area contributed by atoms with Gasteiger partial charge in [0.15, 0.2) is 0 Å². The van der Waals surface area contributed by atoms with Crippen molar-refractivity contribution in [1.29, 1.82) is 0 Å². The third-order valence-electron chi connectivity index (χ3n) is 5.36. The van der Waals surface area contributed by atoms with Gasteiger partial charge in [-0.3, -0.25) is 9.59 Å². The maximum atomic E-state index is 13.1. The molecule has 0 saturated carbocycles. The predicted octanol–water partition coefficient (Wildman–Crippen LogP) is 2.73. The van der Waals surface area contributed by atoms with Crippen LogP contribution in [-0.2, 0) is 4.79 Å². The summed E-state index contributed by atoms with van der Waals surface area (Å²) in [5, 5.41) is 0.852. The fraction of sp³-hybridized carbons (Fsp3) is 0.273. The molecule has 1 N–H and O–H groups in total. The SMILES string of the molecule is CN(CC(=O)N1CCN(c2ccc(F)cc2)CC1)C(=O)c1c[nH]c2ccccc12. The number of nitrogens with one attached hydrogen (secondary N) is 1. The molecule has 1 saturated heterocycles. The van der Waals surface area contributed by atoms with Crippen molar-refractivity contribution < 1.29 is 14.0 Å². The van der Waals surface area contributed by atoms with Gasteiger partial charge in [0.05, 0.1) is 12.1 Å². The Bertz CT molecular complexity index is 1020. The number of halogens is 1. The van der Waals surface area contributed by atoms with E-state index >= 15 is 0 Å². The van der Waals surface area contributed by atoms with Gasteiger partial charge in [-0.15, -0.1) is 0 Å². The Labute approximate surface area is 168 Å². The summed E-state index contributed by atoms with van der Waals surface area (Å²) < 4.78 is 13.1. The molecule has 0 atom stereocenters. The Morgan fingerprint density at radius 3 is 2.45 bits per heavy atom. The Hall–Kier alpha value is -3.35. The topological polar surface area (TPSA) is 59.7 Å². The van der Waals surface area contributed by atoms with Crippen LogP contribution in [0.5, 0.6) is 0 Å². The molecule has 2 amide bonds. The van der Waals surface area contributed by atoms with E-state index in [-0.39, 0.29) is 24.2 Å². The molecule has 3 aromatic rings. The molecule has 29 heavy (non-hydrogen) atoms. The lowest BCUT2D eigenvalue weighted by Crippen LogP contribution is -2.51. The zero-order valence-electron chi connectivity index (χ0n) is 16.3. The van der Waals surface area contributed by atoms with E-state index in [0.29, 0.717) is 31.7 Å². The highest BCUT2D eigenvalue weighted by atomic mass is 19.1. The Kier molecular flexibility index (Phi) is 5.20. The summed E-state index contributed by atoms with van der Waals surface area (Å²) in [4.78, 5) is 34.0. The second-order valence-electron chi connectivity index (χ2n) is 7.25. The van der Waals surface area contributed by atoms with Crippen LogP contribution in [0.2, 0.25) is 0 Å². The summed E-state index contributed by atoms with van der Waals surface area (Å²) in [5.41, 5.74) is 2.41. The van der Waals surface area contributed by atoms with Crippen LogP contribution in [0.15, 0.2) is 54.7 Å². The van der Waals surface area contributed by atoms with Crippen LogP contribution in [0, 0.1) is 5.82 Å². The Balaban J connectivity index is 1.34. The normalized spacial score (nSPS) is 14.3. The molecule has 150 valence electrons. The standard InChI is InChI=1S/C22H23FN4O2/c1-25(22(29)19-14-24-20-5-3-2-4-18(19)20)15-21(28)27-12-10-26(11-13-27)17-8-6-16(23)7-9-17/h2-9,14,24H,10-13,15H2,1H3. The molecule has 6 nitrogen and oxygen atoms in total. The summed E-state index contributed by atoms with van der Waals surface area (Å²) >= 11 is 0. The van der Waals surface area contributed by atoms with Crippen molar-refractivity contribution in [2.45, 2.75) is 0 Å². The van der Waals surface area contributed by atoms with E-state index in [4.69, 9.17) is 0 Å². The quantitative estimate of drug-likeness (QED) is 0.740. The number of nitrogens with zero attached hydrogens (tertiary/aromatic N) is 3. The van der Waals surface area contributed by atoms with Gasteiger partial charge in [-0.25, -0.2) is 4.39 Å². The number of hydrogen-bond acceptors (Lipinski definition) is 3. The summed E-state index contributed by atoms with van der Waals surface area (Å²) in [6, 6.07) is 14.0. The van der Waals surface area contributed by atoms with E-state index in [9.17, 15) is 14.0 Å². The molecule has 2 heterocycles. The first kappa shape index (κ1) is 19.0. The molecule has 1 fully saturated rings. The van der Waals surface area contributed by atoms with Crippen molar-refractivity contribution in [3.63, 3.8) is 0 Å². The fourth-order valence-electron chi connectivity index (χ4n) is 3.69. The number of likely N-dealkylation sites (N-methyl/N-ethyl adjacent to an activating group) is 1. The largest absolute Gasteiger partial charge is 0.368 e. The minimum absolute atomic E-state index is 0.0366. The van der Waals surface area contributed by atoms with Gasteiger partial charge in [0.2, 0.25) is 5.91 Å². The molecule has 4 rings (SSSR count). The number of hydrogen-bond donors (Lipinski definition) is 1. The lowest BCUT2D eigenvalue weighted by atomic mass is 10.1. The first-order valence-electron chi connectivity index (χ1n) is 9.63. The highest BCUT2D eigenvalue weighted by Gasteiger charge is 2.24. The predicted molar refractivity (Wildman–Crippen MR) is 110 cm³/mol. The molecule has 2 aromatic carbocycles. The maximum absolute atomic E-state index is 13.1. The summed E-state index contributed by atoms with van der Waals surface area (Å²) in [5.74, 6) is -0.509. The average Bonchev–Trinajstić information content (AvgIpc) is 3.18. The Morgan fingerprint density at radius 2 is 1.72 bits per heavy atom. The first-order chi connectivity index (χ1) is 14.0. The smallest absolute Gasteiger partial charge is 0.256 e. The molecule has 7 heteroatoms. The van der Waals surface area contributed by atoms with Crippen LogP contribution >= 0.6 is 0 Å². The van der Waals surface area contributed by atoms with Gasteiger partial charge in [-0.1, -0.05) is 18.2 Å². The molecule has 0 aliphatic carbocycles. The molecule has 1 aliphatic heterocycles. The second-order valence-corrected chi connectivity index (χ2v) is 7.25. The fourth-order valence-corrected chi connectivity index (χ4v) is 3.69. The van der Waals surface area contributed by atoms with E-state index in [1.165, 1.54) is 17.0 Å². The second kappa shape index (κ2) is 7.95. The van der Waals surface area contributed by atoms with Crippen LogP contribution in [0.3, 0.4) is 0 Å². The first-order valence-corrected chi connectivity index (χ1v) is 9.63. The zero-order chi connectivity index (χ0) is 20.4. The van der Waals surface area contributed by atoms with Crippen LogP contribution < -0.4 is 4.90 Å². The van der Waals surface area contributed by atoms with Gasteiger partial charge in [0.1, 0.15) is 5.82 Å². The van der Waals surface area contributed by atoms with E-state index in [2.05, 4.69) is 9.88 Å². The van der Waals surface area contributed by atoms with Crippen molar-refractivity contribution in [3.05, 3.63) is 66.1 Å². The number of carbonyl (C=O) groups is 2. The van der Waals surface area contributed by atoms with Gasteiger partial charge < -0.3 is 19.7 Å². The molecule has 0 bridgehead atoms. The van der Waals surface area contributed by atoms with Crippen LogP contribution in [0.1, 0.15) is 10.4 Å². The number of fused-ring (bicyclic) bond motifs is 1. The van der Waals surface area contributed by atoms with Crippen molar-refractivity contribution in [3.8, 4) is 0 Å². The number of carbonyl (C=O) groups excluding carboxylic acids is 2. The minimum Gasteiger partial charge on any atom is -0.368 e. The Morgan fingerprint density at radius 1 is 1.03 bits per heavy atom. The van der Waals surface area contributed by atoms with Crippen LogP contribution in [-0.4, -0.2) is 66.4 Å². The number of aromatic amines is 1. The lowest BCUT2D eigenvalue weighted by molar-refractivity contribution is -0.131. The van der Waals surface area contributed by atoms with E-state index in [1.807, 2.05) is 24.3 Å². The van der Waals surface area contributed by atoms with E-state index in [0.717, 1.165) is 16.6 Å². The molecular formula is C22H23FN4O2. The number of benzene rings is 2. The molecule has 1 aliphatic rings. The van der Waals surface area contributed by atoms with Gasteiger partial charge >= 0.3 is 0 Å². The highest BCUT2D eigenvalue weighted by Crippen LogP contribution is 2.20. The minimum atomic E-state index is -0.259. The van der Waals surface area contributed by atoms with E-state index < -0.39 is 0 Å². The van der Waals surface area contributed by atoms with Gasteiger partial charge in [-0.2, -0.15) is 0 Å². The number of anilines is 1. The van der Waals surface area contributed by atoms with Crippen molar-refractivity contribution in [2.75, 3.05) is 44.7 Å². The number of H-pyrrole nitrogens is 1. The van der Waals surface area contributed by atoms with Gasteiger partial charge in [0, 0.05) is 56.0 Å². The van der Waals surface area contributed by atoms with Crippen molar-refractivity contribution in [1.82, 2.24) is 14.8 Å². The third-order valence-corrected chi connectivity index (χ3v) is 5.36. The summed E-state index contributed by atoms with van der Waals surface area (Å²) in [7, 11) is 1.65.